The minimum Gasteiger partial charge on any atom is -0.481 e. The predicted octanol–water partition coefficient (Wildman–Crippen LogP) is -2.76. The van der Waals surface area contributed by atoms with Crippen molar-refractivity contribution in [2.75, 3.05) is 44.9 Å². The minimum atomic E-state index is -1.85. The van der Waals surface area contributed by atoms with Gasteiger partial charge in [0.15, 0.2) is 0 Å². The Bertz CT molecular complexity index is 2190. The average Bonchev–Trinajstić information content (AvgIpc) is 3.86. The van der Waals surface area contributed by atoms with E-state index in [1.54, 1.807) is 11.8 Å². The SMILES string of the molecule is CSC[C@H](NC(=O)CNC(=O)[C@H](CC(C)C)NC(=O)[C@@H]1CCCN1C(=O)COCCNC(=O)[C@@H](CCC(=O)O)NC(=O)[C@@H](CCC(=O)O)NC(=O)[C@@H](CCC(=O)O)NC(=O)[C@@H](CCC(=O)O)NC(=O)[C@H](N)CCC(=O)O)C(C)(C)C. The van der Waals surface area contributed by atoms with E-state index in [1.165, 1.54) is 4.90 Å². The Morgan fingerprint density at radius 2 is 1.01 bits per heavy atom. The standard InChI is InChI=1S/C49H80N10O20S/c1-26(2)22-32(44(74)52-23-35(60)58-34(25-80-6)49(3,4)5)57-48(78)33-8-7-20-59(33)36(61)24-79-21-19-51-43(73)28(10-15-38(64)65)54-46(76)30(12-17-40(68)69)56-47(77)31(13-18-41(70)71)55-45(75)29(11-16-39(66)67)53-42(72)27(50)9-14-37(62)63/h26-34H,7-25,50H2,1-6H3,(H,51,73)(H,52,74)(H,53,72)(H,54,76)(H,55,75)(H,56,77)(H,57,78)(H,58,60)(H,62,63)(H,64,65)(H,66,67)(H,68,69)(H,70,71)/t27-,28-,29-,30-,31-,32+,33+,34+/m1/s1. The van der Waals surface area contributed by atoms with Gasteiger partial charge in [-0.1, -0.05) is 34.6 Å². The van der Waals surface area contributed by atoms with Gasteiger partial charge in [-0.15, -0.1) is 0 Å². The zero-order valence-electron chi connectivity index (χ0n) is 45.9. The number of hydrogen-bond acceptors (Lipinski definition) is 17. The Kier molecular flexibility index (Phi) is 32.0. The molecule has 80 heavy (non-hydrogen) atoms. The molecule has 1 fully saturated rings. The smallest absolute Gasteiger partial charge is 0.303 e. The van der Waals surface area contributed by atoms with E-state index in [2.05, 4.69) is 42.5 Å². The Morgan fingerprint density at radius 3 is 1.44 bits per heavy atom. The number of ether oxygens (including phenoxy) is 1. The van der Waals surface area contributed by atoms with Gasteiger partial charge in [0.2, 0.25) is 53.2 Å². The second-order valence-electron chi connectivity index (χ2n) is 20.5. The molecule has 1 heterocycles. The van der Waals surface area contributed by atoms with Gasteiger partial charge in [0.1, 0.15) is 42.9 Å². The number of carboxylic acids is 5. The number of carbonyl (C=O) groups is 14. The fourth-order valence-corrected chi connectivity index (χ4v) is 8.70. The molecule has 0 saturated carbocycles. The summed E-state index contributed by atoms with van der Waals surface area (Å²) in [6.07, 6.45) is -3.52. The summed E-state index contributed by atoms with van der Waals surface area (Å²) in [5.74, 6) is -14.4. The summed E-state index contributed by atoms with van der Waals surface area (Å²) in [7, 11) is 0. The summed E-state index contributed by atoms with van der Waals surface area (Å²) in [4.78, 5) is 178. The average molecular weight is 1160 g/mol. The van der Waals surface area contributed by atoms with E-state index < -0.39 is 190 Å². The molecule has 0 aliphatic carbocycles. The monoisotopic (exact) mass is 1160 g/mol. The molecule has 15 N–H and O–H groups in total. The van der Waals surface area contributed by atoms with E-state index in [1.807, 2.05) is 40.9 Å². The molecule has 1 saturated heterocycles. The summed E-state index contributed by atoms with van der Waals surface area (Å²) in [5.41, 5.74) is 5.48. The highest BCUT2D eigenvalue weighted by molar-refractivity contribution is 7.98. The lowest BCUT2D eigenvalue weighted by molar-refractivity contribution is -0.142. The Hall–Kier alpha value is -7.15. The summed E-state index contributed by atoms with van der Waals surface area (Å²) in [6, 6.07) is -10.7. The maximum absolute atomic E-state index is 13.7. The number of nitrogens with one attached hydrogen (secondary N) is 8. The third kappa shape index (κ3) is 28.6. The van der Waals surface area contributed by atoms with Gasteiger partial charge in [0, 0.05) is 57.0 Å². The van der Waals surface area contributed by atoms with E-state index in [-0.39, 0.29) is 62.9 Å². The summed E-state index contributed by atoms with van der Waals surface area (Å²) >= 11 is 1.57. The molecular weight excluding hydrogens is 1080 g/mol. The van der Waals surface area contributed by atoms with Crippen molar-refractivity contribution in [2.45, 2.75) is 166 Å². The van der Waals surface area contributed by atoms with Gasteiger partial charge in [0.05, 0.1) is 19.2 Å². The number of amides is 9. The van der Waals surface area contributed by atoms with E-state index in [0.717, 1.165) is 0 Å². The molecule has 0 aromatic carbocycles. The maximum Gasteiger partial charge on any atom is 0.303 e. The first-order valence-corrected chi connectivity index (χ1v) is 27.3. The number of carbonyl (C=O) groups excluding carboxylic acids is 9. The number of thioether (sulfide) groups is 1. The lowest BCUT2D eigenvalue weighted by atomic mass is 9.88. The zero-order valence-corrected chi connectivity index (χ0v) is 46.7. The summed E-state index contributed by atoms with van der Waals surface area (Å²) in [5, 5.41) is 65.9. The molecule has 0 bridgehead atoms. The van der Waals surface area contributed by atoms with E-state index in [0.29, 0.717) is 12.2 Å². The van der Waals surface area contributed by atoms with Gasteiger partial charge in [-0.2, -0.15) is 11.8 Å². The number of likely N-dealkylation sites (tertiary alicyclic amines) is 1. The van der Waals surface area contributed by atoms with Crippen LogP contribution < -0.4 is 48.3 Å². The van der Waals surface area contributed by atoms with Crippen molar-refractivity contribution in [3.05, 3.63) is 0 Å². The van der Waals surface area contributed by atoms with Crippen molar-refractivity contribution in [2.24, 2.45) is 17.1 Å². The van der Waals surface area contributed by atoms with Crippen LogP contribution in [0.2, 0.25) is 0 Å². The largest absolute Gasteiger partial charge is 0.481 e. The first kappa shape index (κ1) is 70.9. The number of hydrogen-bond donors (Lipinski definition) is 14. The van der Waals surface area contributed by atoms with Crippen LogP contribution in [0.25, 0.3) is 0 Å². The summed E-state index contributed by atoms with van der Waals surface area (Å²) in [6.45, 7) is 8.32. The van der Waals surface area contributed by atoms with Crippen LogP contribution in [0.3, 0.4) is 0 Å². The van der Waals surface area contributed by atoms with E-state index >= 15 is 0 Å². The first-order valence-electron chi connectivity index (χ1n) is 25.9. The first-order chi connectivity index (χ1) is 37.4. The van der Waals surface area contributed by atoms with Crippen molar-refractivity contribution < 1.29 is 97.4 Å². The number of nitrogens with two attached hydrogens (primary N) is 1. The van der Waals surface area contributed by atoms with Gasteiger partial charge < -0.3 is 83.4 Å². The molecule has 9 amide bonds. The maximum atomic E-state index is 13.7. The quantitative estimate of drug-likeness (QED) is 0.0277. The second kappa shape index (κ2) is 36.2. The predicted molar refractivity (Wildman–Crippen MR) is 283 cm³/mol. The molecule has 0 aromatic heterocycles. The topological polar surface area (TPSA) is 475 Å². The number of carboxylic acid groups (broad SMARTS) is 5. The highest BCUT2D eigenvalue weighted by Gasteiger charge is 2.37. The van der Waals surface area contributed by atoms with Crippen LogP contribution in [0.5, 0.6) is 0 Å². The van der Waals surface area contributed by atoms with Crippen molar-refractivity contribution in [1.29, 1.82) is 0 Å². The van der Waals surface area contributed by atoms with Crippen LogP contribution in [0.1, 0.15) is 118 Å². The van der Waals surface area contributed by atoms with Gasteiger partial charge in [-0.05, 0) is 69.0 Å². The molecular formula is C49H80N10O20S. The number of rotatable bonds is 39. The van der Waals surface area contributed by atoms with Crippen molar-refractivity contribution in [1.82, 2.24) is 47.4 Å². The Morgan fingerprint density at radius 1 is 0.588 bits per heavy atom. The molecule has 8 atom stereocenters. The van der Waals surface area contributed by atoms with Crippen LogP contribution in [-0.4, -0.2) is 207 Å². The lowest BCUT2D eigenvalue weighted by Crippen LogP contribution is -2.59. The van der Waals surface area contributed by atoms with Crippen LogP contribution in [-0.2, 0) is 71.9 Å². The number of aliphatic carboxylic acids is 5. The van der Waals surface area contributed by atoms with E-state index in [4.69, 9.17) is 15.6 Å². The van der Waals surface area contributed by atoms with Gasteiger partial charge >= 0.3 is 29.8 Å². The zero-order chi connectivity index (χ0) is 60.9. The molecule has 0 unspecified atom stereocenters. The normalized spacial score (nSPS) is 15.8. The third-order valence-electron chi connectivity index (χ3n) is 12.2. The summed E-state index contributed by atoms with van der Waals surface area (Å²) < 4.78 is 5.48. The molecule has 0 radical (unpaired) electrons. The lowest BCUT2D eigenvalue weighted by Gasteiger charge is -2.31. The third-order valence-corrected chi connectivity index (χ3v) is 12.9. The fourth-order valence-electron chi connectivity index (χ4n) is 7.78. The van der Waals surface area contributed by atoms with Crippen LogP contribution >= 0.6 is 11.8 Å². The van der Waals surface area contributed by atoms with Crippen molar-refractivity contribution >= 4 is 94.8 Å². The molecule has 1 rings (SSSR count). The molecule has 30 nitrogen and oxygen atoms in total. The van der Waals surface area contributed by atoms with Crippen LogP contribution in [0.4, 0.5) is 0 Å². The highest BCUT2D eigenvalue weighted by Crippen LogP contribution is 2.22. The molecule has 0 aromatic rings. The number of nitrogens with zero attached hydrogens (tertiary/aromatic N) is 1. The fraction of sp³-hybridized carbons (Fsp3) is 0.714. The van der Waals surface area contributed by atoms with Crippen LogP contribution in [0, 0.1) is 11.3 Å². The van der Waals surface area contributed by atoms with Crippen molar-refractivity contribution in [3.63, 3.8) is 0 Å². The molecule has 1 aliphatic heterocycles. The molecule has 452 valence electrons. The van der Waals surface area contributed by atoms with E-state index in [9.17, 15) is 87.5 Å². The molecule has 31 heteroatoms. The van der Waals surface area contributed by atoms with Gasteiger partial charge in [0.25, 0.3) is 0 Å². The Balaban J connectivity index is 3.10. The van der Waals surface area contributed by atoms with Gasteiger partial charge in [-0.3, -0.25) is 67.1 Å². The van der Waals surface area contributed by atoms with Gasteiger partial charge in [-0.25, -0.2) is 0 Å². The molecule has 0 spiro atoms. The Labute approximate surface area is 466 Å². The highest BCUT2D eigenvalue weighted by atomic mass is 32.2. The second-order valence-corrected chi connectivity index (χ2v) is 21.4. The van der Waals surface area contributed by atoms with Crippen molar-refractivity contribution in [3.8, 4) is 0 Å². The van der Waals surface area contributed by atoms with Crippen LogP contribution in [0.15, 0.2) is 0 Å². The molecule has 1 aliphatic rings. The minimum absolute atomic E-state index is 0.0451.